The van der Waals surface area contributed by atoms with E-state index in [1.54, 1.807) is 18.2 Å². The van der Waals surface area contributed by atoms with Gasteiger partial charge < -0.3 is 10.0 Å². The SMILES string of the molecule is CCCCN1C(=O)[C@H](C(=O)c2ccccc2O)[C@@H](C)C1(C)C. The predicted molar refractivity (Wildman–Crippen MR) is 85.8 cm³/mol. The molecular weight excluding hydrogens is 278 g/mol. The smallest absolute Gasteiger partial charge is 0.234 e. The number of rotatable bonds is 5. The predicted octanol–water partition coefficient (Wildman–Crippen LogP) is 3.25. The van der Waals surface area contributed by atoms with Gasteiger partial charge in [0.2, 0.25) is 5.91 Å². The Bertz CT molecular complexity index is 579. The van der Waals surface area contributed by atoms with Crippen molar-refractivity contribution in [3.8, 4) is 5.75 Å². The minimum atomic E-state index is -0.708. The van der Waals surface area contributed by atoms with Crippen molar-refractivity contribution in [3.63, 3.8) is 0 Å². The number of carbonyl (C=O) groups excluding carboxylic acids is 2. The molecule has 4 heteroatoms. The molecule has 1 fully saturated rings. The topological polar surface area (TPSA) is 57.6 Å². The number of carbonyl (C=O) groups is 2. The van der Waals surface area contributed by atoms with Crippen molar-refractivity contribution in [2.24, 2.45) is 11.8 Å². The largest absolute Gasteiger partial charge is 0.507 e. The minimum absolute atomic E-state index is 0.0580. The molecule has 1 heterocycles. The number of aromatic hydroxyl groups is 1. The summed E-state index contributed by atoms with van der Waals surface area (Å²) in [5, 5.41) is 9.91. The standard InChI is InChI=1S/C18H25NO3/c1-5-6-11-19-17(22)15(12(2)18(19,3)4)16(21)13-9-7-8-10-14(13)20/h7-10,12,15,20H,5-6,11H2,1-4H3/t12-,15+/m1/s1. The van der Waals surface area contributed by atoms with E-state index in [4.69, 9.17) is 0 Å². The molecule has 1 aliphatic rings. The van der Waals surface area contributed by atoms with Gasteiger partial charge in [0, 0.05) is 12.1 Å². The van der Waals surface area contributed by atoms with E-state index >= 15 is 0 Å². The molecule has 0 aromatic heterocycles. The first kappa shape index (κ1) is 16.5. The van der Waals surface area contributed by atoms with Crippen LogP contribution in [0, 0.1) is 11.8 Å². The fraction of sp³-hybridized carbons (Fsp3) is 0.556. The van der Waals surface area contributed by atoms with Gasteiger partial charge in [0.05, 0.1) is 5.56 Å². The molecule has 1 amide bonds. The van der Waals surface area contributed by atoms with Crippen LogP contribution in [0.3, 0.4) is 0 Å². The quantitative estimate of drug-likeness (QED) is 0.671. The summed E-state index contributed by atoms with van der Waals surface area (Å²) in [6, 6.07) is 6.44. The second-order valence-electron chi connectivity index (χ2n) is 6.64. The highest BCUT2D eigenvalue weighted by Crippen LogP contribution is 2.41. The minimum Gasteiger partial charge on any atom is -0.507 e. The number of amides is 1. The van der Waals surface area contributed by atoms with Gasteiger partial charge in [-0.05, 0) is 38.3 Å². The van der Waals surface area contributed by atoms with E-state index in [2.05, 4.69) is 6.92 Å². The number of benzene rings is 1. The molecular formula is C18H25NO3. The van der Waals surface area contributed by atoms with Gasteiger partial charge in [-0.25, -0.2) is 0 Å². The van der Waals surface area contributed by atoms with E-state index in [0.717, 1.165) is 12.8 Å². The summed E-state index contributed by atoms with van der Waals surface area (Å²) >= 11 is 0. The zero-order valence-electron chi connectivity index (χ0n) is 13.8. The zero-order chi connectivity index (χ0) is 16.5. The summed E-state index contributed by atoms with van der Waals surface area (Å²) in [4.78, 5) is 27.4. The maximum Gasteiger partial charge on any atom is 0.234 e. The van der Waals surface area contributed by atoms with Crippen LogP contribution in [0.1, 0.15) is 50.9 Å². The molecule has 4 nitrogen and oxygen atoms in total. The van der Waals surface area contributed by atoms with E-state index in [1.165, 1.54) is 6.07 Å². The first-order valence-electron chi connectivity index (χ1n) is 7.96. The van der Waals surface area contributed by atoms with Crippen LogP contribution in [-0.4, -0.2) is 33.8 Å². The zero-order valence-corrected chi connectivity index (χ0v) is 13.8. The van der Waals surface area contributed by atoms with Gasteiger partial charge in [-0.2, -0.15) is 0 Å². The van der Waals surface area contributed by atoms with Crippen LogP contribution < -0.4 is 0 Å². The van der Waals surface area contributed by atoms with Crippen molar-refractivity contribution in [2.75, 3.05) is 6.54 Å². The van der Waals surface area contributed by atoms with Crippen LogP contribution in [0.25, 0.3) is 0 Å². The summed E-state index contributed by atoms with van der Waals surface area (Å²) in [6.45, 7) is 8.75. The first-order chi connectivity index (χ1) is 10.3. The first-order valence-corrected chi connectivity index (χ1v) is 7.96. The highest BCUT2D eigenvalue weighted by Gasteiger charge is 2.53. The normalized spacial score (nSPS) is 23.8. The number of phenols is 1. The number of phenolic OH excluding ortho intramolecular Hbond substituents is 1. The molecule has 0 spiro atoms. The molecule has 2 atom stereocenters. The maximum absolute atomic E-state index is 12.8. The summed E-state index contributed by atoms with van der Waals surface area (Å²) in [6.07, 6.45) is 1.94. The lowest BCUT2D eigenvalue weighted by atomic mass is 9.80. The third-order valence-electron chi connectivity index (χ3n) is 5.03. The maximum atomic E-state index is 12.8. The summed E-state index contributed by atoms with van der Waals surface area (Å²) in [5.41, 5.74) is -0.113. The monoisotopic (exact) mass is 303 g/mol. The van der Waals surface area contributed by atoms with Crippen LogP contribution in [0.5, 0.6) is 5.75 Å². The van der Waals surface area contributed by atoms with Crippen LogP contribution in [-0.2, 0) is 4.79 Å². The van der Waals surface area contributed by atoms with Gasteiger partial charge in [-0.1, -0.05) is 32.4 Å². The Labute approximate surface area is 132 Å². The fourth-order valence-corrected chi connectivity index (χ4v) is 3.22. The van der Waals surface area contributed by atoms with Crippen molar-refractivity contribution in [1.29, 1.82) is 0 Å². The second-order valence-corrected chi connectivity index (χ2v) is 6.64. The highest BCUT2D eigenvalue weighted by molar-refractivity contribution is 6.12. The van der Waals surface area contributed by atoms with Gasteiger partial charge in [-0.3, -0.25) is 9.59 Å². The number of unbranched alkanes of at least 4 members (excludes halogenated alkanes) is 1. The molecule has 0 saturated carbocycles. The van der Waals surface area contributed by atoms with Crippen molar-refractivity contribution >= 4 is 11.7 Å². The Kier molecular flexibility index (Phi) is 4.59. The molecule has 0 bridgehead atoms. The fourth-order valence-electron chi connectivity index (χ4n) is 3.22. The van der Waals surface area contributed by atoms with E-state index in [9.17, 15) is 14.7 Å². The lowest BCUT2D eigenvalue weighted by Crippen LogP contribution is -2.43. The van der Waals surface area contributed by atoms with Crippen LogP contribution in [0.15, 0.2) is 24.3 Å². The molecule has 1 aromatic rings. The average Bonchev–Trinajstić information content (AvgIpc) is 2.63. The van der Waals surface area contributed by atoms with E-state index in [0.29, 0.717) is 6.54 Å². The average molecular weight is 303 g/mol. The molecule has 2 rings (SSSR count). The van der Waals surface area contributed by atoms with Gasteiger partial charge >= 0.3 is 0 Å². The van der Waals surface area contributed by atoms with E-state index < -0.39 is 5.92 Å². The summed E-state index contributed by atoms with van der Waals surface area (Å²) in [5.74, 6) is -1.25. The number of para-hydroxylation sites is 1. The van der Waals surface area contributed by atoms with Crippen LogP contribution >= 0.6 is 0 Å². The molecule has 22 heavy (non-hydrogen) atoms. The third-order valence-corrected chi connectivity index (χ3v) is 5.03. The third kappa shape index (κ3) is 2.62. The van der Waals surface area contributed by atoms with Crippen molar-refractivity contribution in [1.82, 2.24) is 4.90 Å². The molecule has 0 aliphatic carbocycles. The van der Waals surface area contributed by atoms with Crippen molar-refractivity contribution in [3.05, 3.63) is 29.8 Å². The molecule has 0 radical (unpaired) electrons. The Morgan fingerprint density at radius 1 is 1.32 bits per heavy atom. The Balaban J connectivity index is 2.33. The summed E-state index contributed by atoms with van der Waals surface area (Å²) < 4.78 is 0. The van der Waals surface area contributed by atoms with E-state index in [1.807, 2.05) is 25.7 Å². The number of hydrogen-bond acceptors (Lipinski definition) is 3. The molecule has 1 aromatic carbocycles. The lowest BCUT2D eigenvalue weighted by Gasteiger charge is -2.34. The Morgan fingerprint density at radius 3 is 2.55 bits per heavy atom. The van der Waals surface area contributed by atoms with Gasteiger partial charge in [0.15, 0.2) is 5.78 Å². The molecule has 1 aliphatic heterocycles. The number of likely N-dealkylation sites (tertiary alicyclic amines) is 1. The molecule has 1 N–H and O–H groups in total. The summed E-state index contributed by atoms with van der Waals surface area (Å²) in [7, 11) is 0. The van der Waals surface area contributed by atoms with E-state index in [-0.39, 0.29) is 34.5 Å². The van der Waals surface area contributed by atoms with Gasteiger partial charge in [-0.15, -0.1) is 0 Å². The van der Waals surface area contributed by atoms with Gasteiger partial charge in [0.1, 0.15) is 11.7 Å². The molecule has 120 valence electrons. The van der Waals surface area contributed by atoms with Crippen LogP contribution in [0.2, 0.25) is 0 Å². The number of Topliss-reactive ketones (excluding diaryl/α,β-unsaturated/α-hetero) is 1. The number of ketones is 1. The highest BCUT2D eigenvalue weighted by atomic mass is 16.3. The molecule has 1 saturated heterocycles. The lowest BCUT2D eigenvalue weighted by molar-refractivity contribution is -0.132. The number of nitrogens with zero attached hydrogens (tertiary/aromatic N) is 1. The van der Waals surface area contributed by atoms with Crippen molar-refractivity contribution < 1.29 is 14.7 Å². The second kappa shape index (κ2) is 6.11. The van der Waals surface area contributed by atoms with Crippen molar-refractivity contribution in [2.45, 2.75) is 46.1 Å². The number of hydrogen-bond donors (Lipinski definition) is 1. The van der Waals surface area contributed by atoms with Crippen LogP contribution in [0.4, 0.5) is 0 Å². The Morgan fingerprint density at radius 2 is 1.95 bits per heavy atom. The van der Waals surface area contributed by atoms with Gasteiger partial charge in [0.25, 0.3) is 0 Å². The molecule has 0 unspecified atom stereocenters. The Hall–Kier alpha value is -1.84.